The predicted octanol–water partition coefficient (Wildman–Crippen LogP) is 2.44. The summed E-state index contributed by atoms with van der Waals surface area (Å²) in [6.07, 6.45) is 3.46. The van der Waals surface area contributed by atoms with Crippen molar-refractivity contribution < 1.29 is 8.91 Å². The van der Waals surface area contributed by atoms with Gasteiger partial charge >= 0.3 is 0 Å². The highest BCUT2D eigenvalue weighted by atomic mass is 19.1. The quantitative estimate of drug-likeness (QED) is 0.784. The van der Waals surface area contributed by atoms with Gasteiger partial charge in [-0.05, 0) is 31.9 Å². The second kappa shape index (κ2) is 6.36. The van der Waals surface area contributed by atoms with E-state index in [2.05, 4.69) is 25.5 Å². The Balaban J connectivity index is 1.45. The number of halogens is 1. The average molecular weight is 342 g/mol. The monoisotopic (exact) mass is 342 g/mol. The summed E-state index contributed by atoms with van der Waals surface area (Å²) in [6.45, 7) is 4.46. The molecule has 0 spiro atoms. The molecule has 1 aliphatic rings. The molecule has 7 nitrogen and oxygen atoms in total. The van der Waals surface area contributed by atoms with Gasteiger partial charge in [0.15, 0.2) is 0 Å². The third kappa shape index (κ3) is 3.17. The average Bonchev–Trinajstić information content (AvgIpc) is 3.26. The lowest BCUT2D eigenvalue weighted by Crippen LogP contribution is -2.39. The lowest BCUT2D eigenvalue weighted by atomic mass is 10.1. The number of nitrogens with one attached hydrogen (secondary N) is 1. The fourth-order valence-electron chi connectivity index (χ4n) is 3.06. The first kappa shape index (κ1) is 15.9. The Bertz CT molecular complexity index is 889. The molecular weight excluding hydrogens is 323 g/mol. The van der Waals surface area contributed by atoms with Crippen LogP contribution >= 0.6 is 0 Å². The first-order valence-corrected chi connectivity index (χ1v) is 8.33. The van der Waals surface area contributed by atoms with Crippen LogP contribution in [0.4, 0.5) is 4.39 Å². The van der Waals surface area contributed by atoms with Gasteiger partial charge in [0, 0.05) is 18.0 Å². The van der Waals surface area contributed by atoms with Gasteiger partial charge in [0.05, 0.1) is 12.6 Å². The van der Waals surface area contributed by atoms with Crippen LogP contribution in [-0.2, 0) is 13.0 Å². The second-order valence-electron chi connectivity index (χ2n) is 6.40. The van der Waals surface area contributed by atoms with Crippen molar-refractivity contribution >= 4 is 0 Å². The molecule has 0 fully saturated rings. The van der Waals surface area contributed by atoms with Crippen LogP contribution in [0.1, 0.15) is 36.7 Å². The third-order valence-electron chi connectivity index (χ3n) is 4.53. The Morgan fingerprint density at radius 3 is 3.12 bits per heavy atom. The number of hydrogen-bond acceptors (Lipinski definition) is 6. The van der Waals surface area contributed by atoms with E-state index in [0.29, 0.717) is 22.8 Å². The van der Waals surface area contributed by atoms with Crippen LogP contribution in [0.25, 0.3) is 11.4 Å². The Labute approximate surface area is 144 Å². The van der Waals surface area contributed by atoms with Crippen LogP contribution in [0.5, 0.6) is 0 Å². The molecule has 0 saturated carbocycles. The number of nitrogens with zero attached hydrogens (tertiary/aromatic N) is 5. The maximum absolute atomic E-state index is 13.7. The fraction of sp³-hybridized carbons (Fsp3) is 0.412. The number of benzene rings is 1. The summed E-state index contributed by atoms with van der Waals surface area (Å²) in [4.78, 5) is 8.64. The summed E-state index contributed by atoms with van der Waals surface area (Å²) in [5.41, 5.74) is 1.20. The maximum Gasteiger partial charge on any atom is 0.243 e. The van der Waals surface area contributed by atoms with Crippen molar-refractivity contribution in [1.82, 2.24) is 30.2 Å². The zero-order valence-corrected chi connectivity index (χ0v) is 14.1. The third-order valence-corrected chi connectivity index (χ3v) is 4.53. The van der Waals surface area contributed by atoms with Crippen LogP contribution in [0.3, 0.4) is 0 Å². The van der Waals surface area contributed by atoms with E-state index >= 15 is 0 Å². The van der Waals surface area contributed by atoms with E-state index < -0.39 is 0 Å². The first-order valence-electron chi connectivity index (χ1n) is 8.33. The van der Waals surface area contributed by atoms with E-state index in [4.69, 9.17) is 4.52 Å². The van der Waals surface area contributed by atoms with Gasteiger partial charge in [0.2, 0.25) is 11.7 Å². The smallest absolute Gasteiger partial charge is 0.243 e. The highest BCUT2D eigenvalue weighted by Gasteiger charge is 2.24. The molecule has 130 valence electrons. The van der Waals surface area contributed by atoms with E-state index in [0.717, 1.165) is 25.2 Å². The normalized spacial score (nSPS) is 18.1. The fourth-order valence-corrected chi connectivity index (χ4v) is 3.06. The SMILES string of the molecule is Cc1ccc(-c2noc([C@@H](C)N[C@@H]3CCc4ncnn4C3)n2)cc1F. The summed E-state index contributed by atoms with van der Waals surface area (Å²) < 4.78 is 21.0. The van der Waals surface area contributed by atoms with Crippen LogP contribution in [0.15, 0.2) is 29.0 Å². The van der Waals surface area contributed by atoms with E-state index in [9.17, 15) is 4.39 Å². The molecule has 4 rings (SSSR count). The minimum atomic E-state index is -0.277. The van der Waals surface area contributed by atoms with E-state index in [-0.39, 0.29) is 17.9 Å². The highest BCUT2D eigenvalue weighted by molar-refractivity contribution is 5.54. The molecule has 1 aromatic carbocycles. The standard InChI is InChI=1S/C17H19FN6O/c1-10-3-4-12(7-14(10)18)16-22-17(25-23-16)11(2)21-13-5-6-15-19-9-20-24(15)8-13/h3-4,7,9,11,13,21H,5-6,8H2,1-2H3/t11-,13-/m1/s1. The number of aryl methyl sites for hydroxylation is 2. The minimum Gasteiger partial charge on any atom is -0.337 e. The van der Waals surface area contributed by atoms with Crippen LogP contribution < -0.4 is 5.32 Å². The molecule has 1 aliphatic heterocycles. The molecule has 0 aliphatic carbocycles. The number of fused-ring (bicyclic) bond motifs is 1. The molecular formula is C17H19FN6O. The Kier molecular flexibility index (Phi) is 4.04. The van der Waals surface area contributed by atoms with Crippen LogP contribution in [0.2, 0.25) is 0 Å². The number of hydrogen-bond donors (Lipinski definition) is 1. The summed E-state index contributed by atoms with van der Waals surface area (Å²) in [5, 5.41) is 11.7. The van der Waals surface area contributed by atoms with Gasteiger partial charge in [-0.3, -0.25) is 0 Å². The van der Waals surface area contributed by atoms with Crippen molar-refractivity contribution in [3.8, 4) is 11.4 Å². The molecule has 0 amide bonds. The predicted molar refractivity (Wildman–Crippen MR) is 88.1 cm³/mol. The van der Waals surface area contributed by atoms with Crippen LogP contribution in [-0.4, -0.2) is 30.9 Å². The van der Waals surface area contributed by atoms with Crippen molar-refractivity contribution in [1.29, 1.82) is 0 Å². The summed E-state index contributed by atoms with van der Waals surface area (Å²) in [7, 11) is 0. The van der Waals surface area contributed by atoms with Crippen LogP contribution in [0, 0.1) is 12.7 Å². The number of rotatable bonds is 4. The molecule has 3 aromatic rings. The highest BCUT2D eigenvalue weighted by Crippen LogP contribution is 2.22. The molecule has 8 heteroatoms. The summed E-state index contributed by atoms with van der Waals surface area (Å²) in [6, 6.07) is 5.08. The Morgan fingerprint density at radius 1 is 1.40 bits per heavy atom. The van der Waals surface area contributed by atoms with Gasteiger partial charge in [0.25, 0.3) is 0 Å². The maximum atomic E-state index is 13.7. The zero-order chi connectivity index (χ0) is 17.4. The Hall–Kier alpha value is -2.61. The van der Waals surface area contributed by atoms with E-state index in [1.807, 2.05) is 11.6 Å². The largest absolute Gasteiger partial charge is 0.337 e. The first-order chi connectivity index (χ1) is 12.1. The molecule has 2 atom stereocenters. The van der Waals surface area contributed by atoms with E-state index in [1.54, 1.807) is 25.4 Å². The summed E-state index contributed by atoms with van der Waals surface area (Å²) in [5.74, 6) is 1.62. The lowest BCUT2D eigenvalue weighted by molar-refractivity contribution is 0.288. The minimum absolute atomic E-state index is 0.105. The lowest BCUT2D eigenvalue weighted by Gasteiger charge is -2.25. The zero-order valence-electron chi connectivity index (χ0n) is 14.1. The molecule has 0 radical (unpaired) electrons. The van der Waals surface area contributed by atoms with Crippen molar-refractivity contribution in [2.75, 3.05) is 0 Å². The van der Waals surface area contributed by atoms with E-state index in [1.165, 1.54) is 6.07 Å². The molecule has 2 aromatic heterocycles. The molecule has 25 heavy (non-hydrogen) atoms. The summed E-state index contributed by atoms with van der Waals surface area (Å²) >= 11 is 0. The van der Waals surface area contributed by atoms with Crippen molar-refractivity contribution in [2.24, 2.45) is 0 Å². The van der Waals surface area contributed by atoms with Gasteiger partial charge in [-0.15, -0.1) is 0 Å². The van der Waals surface area contributed by atoms with Gasteiger partial charge in [-0.2, -0.15) is 10.1 Å². The van der Waals surface area contributed by atoms with Gasteiger partial charge in [-0.1, -0.05) is 17.3 Å². The Morgan fingerprint density at radius 2 is 2.28 bits per heavy atom. The second-order valence-corrected chi connectivity index (χ2v) is 6.40. The molecule has 0 unspecified atom stereocenters. The van der Waals surface area contributed by atoms with Crippen molar-refractivity contribution in [2.45, 2.75) is 45.3 Å². The van der Waals surface area contributed by atoms with Gasteiger partial charge in [-0.25, -0.2) is 14.1 Å². The molecule has 0 saturated heterocycles. The number of aromatic nitrogens is 5. The topological polar surface area (TPSA) is 81.7 Å². The van der Waals surface area contributed by atoms with Crippen molar-refractivity contribution in [3.05, 3.63) is 47.6 Å². The van der Waals surface area contributed by atoms with Gasteiger partial charge < -0.3 is 9.84 Å². The van der Waals surface area contributed by atoms with Gasteiger partial charge in [0.1, 0.15) is 18.0 Å². The molecule has 3 heterocycles. The van der Waals surface area contributed by atoms with Crippen molar-refractivity contribution in [3.63, 3.8) is 0 Å². The molecule has 1 N–H and O–H groups in total. The molecule has 0 bridgehead atoms.